The SMILES string of the molecule is NC(O)c1cc(C(O)CO)cc(-c2ccc(Oc3cc(Cl)ccc3F)cc2)n1. The minimum Gasteiger partial charge on any atom is -0.454 e. The summed E-state index contributed by atoms with van der Waals surface area (Å²) in [5.41, 5.74) is 7.09. The summed E-state index contributed by atoms with van der Waals surface area (Å²) in [7, 11) is 0. The van der Waals surface area contributed by atoms with Crippen LogP contribution in [0.2, 0.25) is 5.02 Å². The second kappa shape index (κ2) is 8.64. The molecular weight excluding hydrogens is 387 g/mol. The fourth-order valence-corrected chi connectivity index (χ4v) is 2.71. The number of hydrogen-bond acceptors (Lipinski definition) is 6. The molecule has 3 aromatic rings. The van der Waals surface area contributed by atoms with E-state index in [-0.39, 0.29) is 11.4 Å². The summed E-state index contributed by atoms with van der Waals surface area (Å²) in [6.45, 7) is -0.485. The quantitative estimate of drug-likeness (QED) is 0.469. The molecule has 0 aliphatic heterocycles. The number of aliphatic hydroxyl groups is 3. The molecule has 0 amide bonds. The van der Waals surface area contributed by atoms with E-state index in [1.807, 2.05) is 0 Å². The minimum absolute atomic E-state index is 0.0000178. The van der Waals surface area contributed by atoms with Gasteiger partial charge in [-0.25, -0.2) is 9.37 Å². The van der Waals surface area contributed by atoms with Gasteiger partial charge in [0, 0.05) is 16.7 Å². The van der Waals surface area contributed by atoms with Crippen molar-refractivity contribution in [3.8, 4) is 22.8 Å². The molecule has 0 aliphatic carbocycles. The van der Waals surface area contributed by atoms with Crippen LogP contribution < -0.4 is 10.5 Å². The van der Waals surface area contributed by atoms with Crippen LogP contribution in [0.4, 0.5) is 4.39 Å². The molecule has 0 saturated carbocycles. The second-order valence-corrected chi connectivity index (χ2v) is 6.49. The fourth-order valence-electron chi connectivity index (χ4n) is 2.55. The first-order valence-corrected chi connectivity index (χ1v) is 8.73. The summed E-state index contributed by atoms with van der Waals surface area (Å²) < 4.78 is 19.3. The van der Waals surface area contributed by atoms with Crippen LogP contribution in [-0.4, -0.2) is 26.9 Å². The summed E-state index contributed by atoms with van der Waals surface area (Å²) in [6, 6.07) is 13.6. The van der Waals surface area contributed by atoms with Crippen LogP contribution in [0.15, 0.2) is 54.6 Å². The van der Waals surface area contributed by atoms with Gasteiger partial charge in [0.15, 0.2) is 11.6 Å². The van der Waals surface area contributed by atoms with Gasteiger partial charge in [-0.3, -0.25) is 0 Å². The Hall–Kier alpha value is -2.55. The Bertz CT molecular complexity index is 967. The van der Waals surface area contributed by atoms with Gasteiger partial charge in [0.2, 0.25) is 0 Å². The maximum Gasteiger partial charge on any atom is 0.165 e. The van der Waals surface area contributed by atoms with Gasteiger partial charge in [-0.1, -0.05) is 11.6 Å². The van der Waals surface area contributed by atoms with Crippen molar-refractivity contribution in [1.82, 2.24) is 4.98 Å². The molecule has 0 radical (unpaired) electrons. The van der Waals surface area contributed by atoms with Crippen LogP contribution >= 0.6 is 11.6 Å². The Kier molecular flexibility index (Phi) is 6.23. The zero-order chi connectivity index (χ0) is 20.3. The lowest BCUT2D eigenvalue weighted by molar-refractivity contribution is 0.0951. The number of pyridine rings is 1. The maximum absolute atomic E-state index is 13.8. The first-order chi connectivity index (χ1) is 13.4. The van der Waals surface area contributed by atoms with Gasteiger partial charge < -0.3 is 25.8 Å². The summed E-state index contributed by atoms with van der Waals surface area (Å²) in [4.78, 5) is 4.27. The maximum atomic E-state index is 13.8. The molecule has 2 atom stereocenters. The molecule has 1 heterocycles. The topological polar surface area (TPSA) is 109 Å². The highest BCUT2D eigenvalue weighted by Gasteiger charge is 2.14. The van der Waals surface area contributed by atoms with Crippen LogP contribution in [0, 0.1) is 5.82 Å². The first kappa shape index (κ1) is 20.2. The van der Waals surface area contributed by atoms with E-state index in [1.165, 1.54) is 24.3 Å². The highest BCUT2D eigenvalue weighted by Crippen LogP contribution is 2.30. The number of aromatic nitrogens is 1. The Morgan fingerprint density at radius 2 is 1.79 bits per heavy atom. The predicted molar refractivity (Wildman–Crippen MR) is 102 cm³/mol. The first-order valence-electron chi connectivity index (χ1n) is 8.35. The van der Waals surface area contributed by atoms with Gasteiger partial charge in [-0.2, -0.15) is 0 Å². The fraction of sp³-hybridized carbons (Fsp3) is 0.150. The number of nitrogens with zero attached hydrogens (tertiary/aromatic N) is 1. The smallest absolute Gasteiger partial charge is 0.165 e. The molecule has 3 rings (SSSR count). The van der Waals surface area contributed by atoms with Crippen LogP contribution in [0.5, 0.6) is 11.5 Å². The summed E-state index contributed by atoms with van der Waals surface area (Å²) in [5, 5.41) is 29.1. The van der Waals surface area contributed by atoms with Gasteiger partial charge in [-0.15, -0.1) is 0 Å². The van der Waals surface area contributed by atoms with E-state index < -0.39 is 24.8 Å². The number of hydrogen-bond donors (Lipinski definition) is 4. The molecule has 6 nitrogen and oxygen atoms in total. The highest BCUT2D eigenvalue weighted by molar-refractivity contribution is 6.30. The molecule has 0 aliphatic rings. The Morgan fingerprint density at radius 3 is 2.43 bits per heavy atom. The lowest BCUT2D eigenvalue weighted by atomic mass is 10.0. The third-order valence-corrected chi connectivity index (χ3v) is 4.23. The average Bonchev–Trinajstić information content (AvgIpc) is 2.70. The molecule has 8 heteroatoms. The summed E-state index contributed by atoms with van der Waals surface area (Å²) in [6.07, 6.45) is -2.47. The van der Waals surface area contributed by atoms with Gasteiger partial charge in [-0.05, 0) is 54.1 Å². The number of halogens is 2. The zero-order valence-corrected chi connectivity index (χ0v) is 15.3. The van der Waals surface area contributed by atoms with Crippen molar-refractivity contribution in [1.29, 1.82) is 0 Å². The van der Waals surface area contributed by atoms with E-state index in [0.717, 1.165) is 0 Å². The van der Waals surface area contributed by atoms with E-state index in [0.29, 0.717) is 27.6 Å². The molecular formula is C20H18ClFN2O4. The molecule has 2 aromatic carbocycles. The second-order valence-electron chi connectivity index (χ2n) is 6.05. The van der Waals surface area contributed by atoms with Crippen molar-refractivity contribution in [2.45, 2.75) is 12.3 Å². The zero-order valence-electron chi connectivity index (χ0n) is 14.6. The average molecular weight is 405 g/mol. The molecule has 0 spiro atoms. The van der Waals surface area contributed by atoms with Crippen molar-refractivity contribution in [2.24, 2.45) is 5.73 Å². The van der Waals surface area contributed by atoms with Gasteiger partial charge in [0.25, 0.3) is 0 Å². The van der Waals surface area contributed by atoms with E-state index in [2.05, 4.69) is 4.98 Å². The molecule has 2 unspecified atom stereocenters. The van der Waals surface area contributed by atoms with Gasteiger partial charge in [0.1, 0.15) is 18.1 Å². The third kappa shape index (κ3) is 4.64. The van der Waals surface area contributed by atoms with Crippen LogP contribution in [-0.2, 0) is 0 Å². The van der Waals surface area contributed by atoms with Crippen molar-refractivity contribution < 1.29 is 24.4 Å². The van der Waals surface area contributed by atoms with E-state index in [4.69, 9.17) is 22.1 Å². The van der Waals surface area contributed by atoms with E-state index in [9.17, 15) is 19.7 Å². The normalized spacial score (nSPS) is 13.2. The van der Waals surface area contributed by atoms with Crippen molar-refractivity contribution in [3.63, 3.8) is 0 Å². The Morgan fingerprint density at radius 1 is 1.07 bits per heavy atom. The molecule has 28 heavy (non-hydrogen) atoms. The minimum atomic E-state index is -1.34. The lowest BCUT2D eigenvalue weighted by Gasteiger charge is -2.14. The van der Waals surface area contributed by atoms with E-state index in [1.54, 1.807) is 30.3 Å². The van der Waals surface area contributed by atoms with Gasteiger partial charge >= 0.3 is 0 Å². The number of rotatable bonds is 6. The van der Waals surface area contributed by atoms with Crippen LogP contribution in [0.3, 0.4) is 0 Å². The number of ether oxygens (including phenoxy) is 1. The number of nitrogens with two attached hydrogens (primary N) is 1. The molecule has 1 aromatic heterocycles. The number of aliphatic hydroxyl groups excluding tert-OH is 3. The largest absolute Gasteiger partial charge is 0.454 e. The van der Waals surface area contributed by atoms with E-state index >= 15 is 0 Å². The number of benzene rings is 2. The molecule has 0 saturated heterocycles. The van der Waals surface area contributed by atoms with Crippen molar-refractivity contribution in [3.05, 3.63) is 76.7 Å². The standard InChI is InChI=1S/C20H18ClFN2O4/c21-13-3-6-15(22)19(9-13)28-14-4-1-11(2-5-14)16-7-12(18(26)10-25)8-17(24-16)20(23)27/h1-9,18,20,25-27H,10,23H2. The summed E-state index contributed by atoms with van der Waals surface area (Å²) in [5.74, 6) is -0.155. The van der Waals surface area contributed by atoms with Crippen molar-refractivity contribution >= 4 is 11.6 Å². The molecule has 146 valence electrons. The monoisotopic (exact) mass is 404 g/mol. The Labute approximate surface area is 165 Å². The molecule has 5 N–H and O–H groups in total. The predicted octanol–water partition coefficient (Wildman–Crippen LogP) is 3.31. The van der Waals surface area contributed by atoms with Crippen LogP contribution in [0.25, 0.3) is 11.3 Å². The third-order valence-electron chi connectivity index (χ3n) is 4.00. The van der Waals surface area contributed by atoms with Gasteiger partial charge in [0.05, 0.1) is 18.0 Å². The Balaban J connectivity index is 1.90. The molecule has 0 bridgehead atoms. The lowest BCUT2D eigenvalue weighted by Crippen LogP contribution is -2.13. The highest BCUT2D eigenvalue weighted by atomic mass is 35.5. The molecule has 0 fully saturated rings. The van der Waals surface area contributed by atoms with Crippen LogP contribution in [0.1, 0.15) is 23.6 Å². The summed E-state index contributed by atoms with van der Waals surface area (Å²) >= 11 is 5.86. The van der Waals surface area contributed by atoms with Crippen molar-refractivity contribution in [2.75, 3.05) is 6.61 Å².